The van der Waals surface area contributed by atoms with Crippen molar-refractivity contribution in [3.63, 3.8) is 0 Å². The average Bonchev–Trinajstić information content (AvgIpc) is 2.08. The van der Waals surface area contributed by atoms with Crippen LogP contribution in [0.25, 0.3) is 0 Å². The van der Waals surface area contributed by atoms with Crippen molar-refractivity contribution in [2.75, 3.05) is 6.61 Å². The standard InChI is InChI=1S/C7H15O4PS/c1-2-3-4-5-6-7-9-12(8)10-13-11-12/h2-7H2,1H3. The zero-order valence-electron chi connectivity index (χ0n) is 7.73. The second kappa shape index (κ2) is 6.04. The van der Waals surface area contributed by atoms with Crippen molar-refractivity contribution < 1.29 is 17.0 Å². The molecule has 0 unspecified atom stereocenters. The van der Waals surface area contributed by atoms with E-state index in [1.165, 1.54) is 19.3 Å². The zero-order valence-corrected chi connectivity index (χ0v) is 9.44. The van der Waals surface area contributed by atoms with Gasteiger partial charge in [0.15, 0.2) is 12.3 Å². The molecule has 0 saturated carbocycles. The van der Waals surface area contributed by atoms with Gasteiger partial charge in [-0.05, 0) is 6.42 Å². The first-order valence-electron chi connectivity index (χ1n) is 4.56. The lowest BCUT2D eigenvalue weighted by Gasteiger charge is -2.21. The van der Waals surface area contributed by atoms with Crippen molar-refractivity contribution in [1.82, 2.24) is 0 Å². The highest BCUT2D eigenvalue weighted by molar-refractivity contribution is 8.02. The van der Waals surface area contributed by atoms with Crippen molar-refractivity contribution in [3.05, 3.63) is 0 Å². The Morgan fingerprint density at radius 2 is 1.92 bits per heavy atom. The van der Waals surface area contributed by atoms with Gasteiger partial charge in [0.2, 0.25) is 0 Å². The Bertz CT molecular complexity index is 179. The molecule has 0 radical (unpaired) electrons. The fourth-order valence-corrected chi connectivity index (χ4v) is 2.34. The first-order valence-corrected chi connectivity index (χ1v) is 6.69. The van der Waals surface area contributed by atoms with E-state index in [0.717, 1.165) is 25.2 Å². The average molecular weight is 226 g/mol. The summed E-state index contributed by atoms with van der Waals surface area (Å²) in [6.45, 7) is 2.63. The summed E-state index contributed by atoms with van der Waals surface area (Å²) in [6.07, 6.45) is 5.71. The second-order valence-corrected chi connectivity index (χ2v) is 5.39. The smallest absolute Gasteiger partial charge is 0.286 e. The second-order valence-electron chi connectivity index (χ2n) is 2.91. The molecule has 1 fully saturated rings. The number of hydrogen-bond donors (Lipinski definition) is 0. The largest absolute Gasteiger partial charge is 0.501 e. The summed E-state index contributed by atoms with van der Waals surface area (Å²) < 4.78 is 25.2. The molecule has 0 atom stereocenters. The molecule has 1 saturated heterocycles. The van der Waals surface area contributed by atoms with Gasteiger partial charge in [0.1, 0.15) is 0 Å². The van der Waals surface area contributed by atoms with Crippen molar-refractivity contribution in [2.45, 2.75) is 39.0 Å². The maximum absolute atomic E-state index is 11.1. The minimum atomic E-state index is -3.09. The zero-order chi connectivity index (χ0) is 9.57. The van der Waals surface area contributed by atoms with Gasteiger partial charge in [-0.25, -0.2) is 4.57 Å². The SMILES string of the molecule is CCCCCCCOP1(=O)OSO1. The van der Waals surface area contributed by atoms with Gasteiger partial charge in [0.25, 0.3) is 0 Å². The van der Waals surface area contributed by atoms with Gasteiger partial charge in [-0.3, -0.25) is 4.52 Å². The highest BCUT2D eigenvalue weighted by atomic mass is 32.2. The molecule has 1 aliphatic heterocycles. The van der Waals surface area contributed by atoms with E-state index < -0.39 is 7.82 Å². The van der Waals surface area contributed by atoms with Crippen molar-refractivity contribution in [2.24, 2.45) is 0 Å². The molecule has 4 nitrogen and oxygen atoms in total. The van der Waals surface area contributed by atoms with Crippen LogP contribution in [0.3, 0.4) is 0 Å². The minimum Gasteiger partial charge on any atom is -0.286 e. The van der Waals surface area contributed by atoms with E-state index in [4.69, 9.17) is 4.52 Å². The summed E-state index contributed by atoms with van der Waals surface area (Å²) >= 11 is 0.728. The van der Waals surface area contributed by atoms with Crippen LogP contribution >= 0.6 is 20.1 Å². The lowest BCUT2D eigenvalue weighted by molar-refractivity contribution is 0.190. The van der Waals surface area contributed by atoms with Crippen LogP contribution in [-0.2, 0) is 17.0 Å². The Morgan fingerprint density at radius 3 is 2.46 bits per heavy atom. The monoisotopic (exact) mass is 226 g/mol. The summed E-state index contributed by atoms with van der Waals surface area (Å²) in [5, 5.41) is 0. The molecule has 0 bridgehead atoms. The molecule has 1 rings (SSSR count). The number of phosphoric acid groups is 1. The third-order valence-corrected chi connectivity index (χ3v) is 4.19. The molecule has 0 amide bonds. The van der Waals surface area contributed by atoms with Gasteiger partial charge in [-0.2, -0.15) is 7.94 Å². The fourth-order valence-electron chi connectivity index (χ4n) is 1.01. The molecule has 0 aromatic rings. The fraction of sp³-hybridized carbons (Fsp3) is 1.00. The topological polar surface area (TPSA) is 44.8 Å². The van der Waals surface area contributed by atoms with E-state index in [1.54, 1.807) is 0 Å². The maximum Gasteiger partial charge on any atom is 0.501 e. The van der Waals surface area contributed by atoms with E-state index in [0.29, 0.717) is 6.61 Å². The number of rotatable bonds is 7. The molecule has 1 heterocycles. The van der Waals surface area contributed by atoms with Gasteiger partial charge >= 0.3 is 7.82 Å². The Hall–Kier alpha value is 0.460. The Balaban J connectivity index is 1.86. The predicted molar refractivity (Wildman–Crippen MR) is 52.1 cm³/mol. The minimum absolute atomic E-state index is 0.460. The van der Waals surface area contributed by atoms with Gasteiger partial charge in [-0.1, -0.05) is 32.6 Å². The normalized spacial score (nSPS) is 19.8. The molecule has 0 aromatic heterocycles. The summed E-state index contributed by atoms with van der Waals surface area (Å²) in [5.74, 6) is 0. The Kier molecular flexibility index (Phi) is 5.36. The number of hydrogen-bond acceptors (Lipinski definition) is 5. The summed E-state index contributed by atoms with van der Waals surface area (Å²) in [4.78, 5) is 0. The molecular formula is C7H15O4PS. The van der Waals surface area contributed by atoms with E-state index in [-0.39, 0.29) is 0 Å². The van der Waals surface area contributed by atoms with Crippen LogP contribution in [-0.4, -0.2) is 6.61 Å². The molecule has 0 spiro atoms. The van der Waals surface area contributed by atoms with Crippen molar-refractivity contribution in [3.8, 4) is 0 Å². The molecular weight excluding hydrogens is 211 g/mol. The van der Waals surface area contributed by atoms with Gasteiger partial charge in [0, 0.05) is 0 Å². The Morgan fingerprint density at radius 1 is 1.23 bits per heavy atom. The van der Waals surface area contributed by atoms with Crippen LogP contribution in [0.1, 0.15) is 39.0 Å². The van der Waals surface area contributed by atoms with Crippen LogP contribution in [0, 0.1) is 0 Å². The lowest BCUT2D eigenvalue weighted by Crippen LogP contribution is -2.01. The molecule has 0 aliphatic carbocycles. The first-order chi connectivity index (χ1) is 6.27. The summed E-state index contributed by atoms with van der Waals surface area (Å²) in [5.41, 5.74) is 0. The predicted octanol–water partition coefficient (Wildman–Crippen LogP) is 3.69. The van der Waals surface area contributed by atoms with Gasteiger partial charge in [0.05, 0.1) is 6.61 Å². The van der Waals surface area contributed by atoms with Gasteiger partial charge in [-0.15, -0.1) is 0 Å². The highest BCUT2D eigenvalue weighted by Gasteiger charge is 2.38. The quantitative estimate of drug-likeness (QED) is 0.376. The highest BCUT2D eigenvalue weighted by Crippen LogP contribution is 2.65. The van der Waals surface area contributed by atoms with E-state index in [2.05, 4.69) is 14.9 Å². The van der Waals surface area contributed by atoms with Crippen molar-refractivity contribution >= 4 is 20.1 Å². The molecule has 78 valence electrons. The van der Waals surface area contributed by atoms with Crippen LogP contribution in [0.15, 0.2) is 0 Å². The third kappa shape index (κ3) is 4.47. The molecule has 6 heteroatoms. The first kappa shape index (κ1) is 11.5. The van der Waals surface area contributed by atoms with E-state index in [1.807, 2.05) is 0 Å². The molecule has 0 aromatic carbocycles. The van der Waals surface area contributed by atoms with Crippen LogP contribution in [0.5, 0.6) is 0 Å². The van der Waals surface area contributed by atoms with Crippen LogP contribution in [0.4, 0.5) is 0 Å². The summed E-state index contributed by atoms with van der Waals surface area (Å²) in [7, 11) is -3.09. The number of unbranched alkanes of at least 4 members (excludes halogenated alkanes) is 4. The van der Waals surface area contributed by atoms with Gasteiger partial charge < -0.3 is 0 Å². The molecule has 1 aliphatic rings. The lowest BCUT2D eigenvalue weighted by atomic mass is 10.2. The van der Waals surface area contributed by atoms with Crippen molar-refractivity contribution in [1.29, 1.82) is 0 Å². The van der Waals surface area contributed by atoms with Crippen LogP contribution < -0.4 is 0 Å². The summed E-state index contributed by atoms with van der Waals surface area (Å²) in [6, 6.07) is 0. The van der Waals surface area contributed by atoms with E-state index in [9.17, 15) is 4.57 Å². The van der Waals surface area contributed by atoms with Crippen LogP contribution in [0.2, 0.25) is 0 Å². The maximum atomic E-state index is 11.1. The third-order valence-electron chi connectivity index (χ3n) is 1.74. The Labute approximate surface area is 83.4 Å². The van der Waals surface area contributed by atoms with E-state index >= 15 is 0 Å². The molecule has 0 N–H and O–H groups in total. The molecule has 13 heavy (non-hydrogen) atoms.